The Bertz CT molecular complexity index is 453. The van der Waals surface area contributed by atoms with Gasteiger partial charge in [0.2, 0.25) is 6.29 Å². The standard InChI is InChI=1S/C16H20O4/c1-10-13-8-14(17)20-16(19-13)11(2)15(10)18-9-12-6-4-3-5-7-12/h3-7,10-11,13,15-16H,8-9H2,1-2H3/t10-,11+,13+,15+,16-/m0/s1. The molecular formula is C16H20O4. The molecule has 4 heteroatoms. The number of esters is 1. The minimum absolute atomic E-state index is 0.0482. The number of rotatable bonds is 3. The Balaban J connectivity index is 1.68. The van der Waals surface area contributed by atoms with Crippen molar-refractivity contribution < 1.29 is 19.0 Å². The lowest BCUT2D eigenvalue weighted by molar-refractivity contribution is -0.285. The average Bonchev–Trinajstić information content (AvgIpc) is 2.46. The highest BCUT2D eigenvalue weighted by atomic mass is 16.7. The van der Waals surface area contributed by atoms with Gasteiger partial charge in [-0.3, -0.25) is 4.79 Å². The van der Waals surface area contributed by atoms with Crippen LogP contribution in [0.3, 0.4) is 0 Å². The van der Waals surface area contributed by atoms with Crippen molar-refractivity contribution in [3.63, 3.8) is 0 Å². The summed E-state index contributed by atoms with van der Waals surface area (Å²) in [6.45, 7) is 4.69. The molecule has 0 N–H and O–H groups in total. The second kappa shape index (κ2) is 5.54. The van der Waals surface area contributed by atoms with E-state index in [1.807, 2.05) is 25.1 Å². The van der Waals surface area contributed by atoms with E-state index in [2.05, 4.69) is 19.1 Å². The van der Waals surface area contributed by atoms with Crippen LogP contribution in [0.15, 0.2) is 30.3 Å². The molecule has 2 aliphatic rings. The zero-order valence-corrected chi connectivity index (χ0v) is 11.8. The second-order valence-electron chi connectivity index (χ2n) is 5.72. The SMILES string of the molecule is C[C@@H]1[C@@H](OCc2ccccc2)[C@@H](C)[C@@H]2OC(=O)C[C@H]1O2. The molecule has 0 aliphatic carbocycles. The van der Waals surface area contributed by atoms with Crippen LogP contribution in [-0.2, 0) is 25.6 Å². The molecule has 3 rings (SSSR count). The third-order valence-electron chi connectivity index (χ3n) is 4.26. The lowest BCUT2D eigenvalue weighted by atomic mass is 9.83. The van der Waals surface area contributed by atoms with Crippen LogP contribution in [-0.4, -0.2) is 24.5 Å². The number of ether oxygens (including phenoxy) is 3. The summed E-state index contributed by atoms with van der Waals surface area (Å²) in [5, 5.41) is 0. The molecule has 0 radical (unpaired) electrons. The Morgan fingerprint density at radius 1 is 1.20 bits per heavy atom. The fourth-order valence-corrected chi connectivity index (χ4v) is 3.05. The molecule has 2 aliphatic heterocycles. The first-order chi connectivity index (χ1) is 9.65. The number of benzene rings is 1. The summed E-state index contributed by atoms with van der Waals surface area (Å²) in [6.07, 6.45) is -0.168. The van der Waals surface area contributed by atoms with Crippen LogP contribution >= 0.6 is 0 Å². The molecule has 0 spiro atoms. The minimum Gasteiger partial charge on any atom is -0.435 e. The lowest BCUT2D eigenvalue weighted by Crippen LogP contribution is -2.55. The maximum atomic E-state index is 11.5. The maximum Gasteiger partial charge on any atom is 0.310 e. The molecule has 1 aromatic rings. The largest absolute Gasteiger partial charge is 0.435 e. The zero-order chi connectivity index (χ0) is 14.1. The van der Waals surface area contributed by atoms with E-state index in [1.54, 1.807) is 0 Å². The normalized spacial score (nSPS) is 36.5. The molecule has 0 aromatic heterocycles. The fraction of sp³-hybridized carbons (Fsp3) is 0.562. The number of carbonyl (C=O) groups is 1. The van der Waals surface area contributed by atoms with Crippen molar-refractivity contribution in [2.75, 3.05) is 0 Å². The molecular weight excluding hydrogens is 256 g/mol. The molecule has 108 valence electrons. The summed E-state index contributed by atoms with van der Waals surface area (Å²) in [4.78, 5) is 11.5. The van der Waals surface area contributed by atoms with Crippen LogP contribution in [0.5, 0.6) is 0 Å². The average molecular weight is 276 g/mol. The van der Waals surface area contributed by atoms with Gasteiger partial charge in [0.1, 0.15) is 0 Å². The van der Waals surface area contributed by atoms with Crippen molar-refractivity contribution in [3.8, 4) is 0 Å². The lowest BCUT2D eigenvalue weighted by Gasteiger charge is -2.46. The smallest absolute Gasteiger partial charge is 0.310 e. The Labute approximate surface area is 119 Å². The van der Waals surface area contributed by atoms with Gasteiger partial charge in [-0.05, 0) is 5.56 Å². The molecule has 2 heterocycles. The fourth-order valence-electron chi connectivity index (χ4n) is 3.05. The van der Waals surface area contributed by atoms with E-state index < -0.39 is 6.29 Å². The van der Waals surface area contributed by atoms with Crippen molar-refractivity contribution in [2.45, 2.75) is 45.4 Å². The molecule has 5 atom stereocenters. The number of fused-ring (bicyclic) bond motifs is 2. The van der Waals surface area contributed by atoms with Gasteiger partial charge in [0.15, 0.2) is 0 Å². The summed E-state index contributed by atoms with van der Waals surface area (Å²) < 4.78 is 17.1. The predicted molar refractivity (Wildman–Crippen MR) is 72.7 cm³/mol. The molecule has 2 saturated heterocycles. The predicted octanol–water partition coefficient (Wildman–Crippen LogP) is 2.52. The molecule has 2 bridgehead atoms. The van der Waals surface area contributed by atoms with Gasteiger partial charge in [0, 0.05) is 11.8 Å². The Morgan fingerprint density at radius 3 is 2.70 bits per heavy atom. The van der Waals surface area contributed by atoms with Crippen LogP contribution in [0.2, 0.25) is 0 Å². The van der Waals surface area contributed by atoms with Crippen LogP contribution in [0.1, 0.15) is 25.8 Å². The quantitative estimate of drug-likeness (QED) is 0.796. The van der Waals surface area contributed by atoms with E-state index in [0.717, 1.165) is 5.56 Å². The summed E-state index contributed by atoms with van der Waals surface area (Å²) in [5.74, 6) is 0.0819. The number of hydrogen-bond acceptors (Lipinski definition) is 4. The maximum absolute atomic E-state index is 11.5. The van der Waals surface area contributed by atoms with Crippen molar-refractivity contribution in [1.29, 1.82) is 0 Å². The second-order valence-corrected chi connectivity index (χ2v) is 5.72. The van der Waals surface area contributed by atoms with Crippen molar-refractivity contribution in [2.24, 2.45) is 11.8 Å². The molecule has 4 nitrogen and oxygen atoms in total. The van der Waals surface area contributed by atoms with E-state index >= 15 is 0 Å². The van der Waals surface area contributed by atoms with Crippen molar-refractivity contribution in [3.05, 3.63) is 35.9 Å². The molecule has 0 unspecified atom stereocenters. The third-order valence-corrected chi connectivity index (χ3v) is 4.26. The van der Waals surface area contributed by atoms with Gasteiger partial charge in [-0.15, -0.1) is 0 Å². The van der Waals surface area contributed by atoms with Crippen LogP contribution < -0.4 is 0 Å². The van der Waals surface area contributed by atoms with E-state index in [0.29, 0.717) is 13.0 Å². The first-order valence-corrected chi connectivity index (χ1v) is 7.15. The van der Waals surface area contributed by atoms with Gasteiger partial charge in [-0.2, -0.15) is 0 Å². The molecule has 0 saturated carbocycles. The minimum atomic E-state index is -0.460. The van der Waals surface area contributed by atoms with Crippen LogP contribution in [0, 0.1) is 11.8 Å². The molecule has 20 heavy (non-hydrogen) atoms. The van der Waals surface area contributed by atoms with Gasteiger partial charge in [-0.25, -0.2) is 0 Å². The first kappa shape index (κ1) is 13.6. The molecule has 0 amide bonds. The van der Waals surface area contributed by atoms with Crippen LogP contribution in [0.4, 0.5) is 0 Å². The summed E-state index contributed by atoms with van der Waals surface area (Å²) in [7, 11) is 0. The third kappa shape index (κ3) is 2.58. The highest BCUT2D eigenvalue weighted by Gasteiger charge is 2.47. The Morgan fingerprint density at radius 2 is 1.95 bits per heavy atom. The molecule has 2 fully saturated rings. The van der Waals surface area contributed by atoms with Gasteiger partial charge in [0.25, 0.3) is 0 Å². The zero-order valence-electron chi connectivity index (χ0n) is 11.8. The summed E-state index contributed by atoms with van der Waals surface area (Å²) >= 11 is 0. The summed E-state index contributed by atoms with van der Waals surface area (Å²) in [6, 6.07) is 10.1. The van der Waals surface area contributed by atoms with Crippen LogP contribution in [0.25, 0.3) is 0 Å². The van der Waals surface area contributed by atoms with E-state index in [9.17, 15) is 4.79 Å². The van der Waals surface area contributed by atoms with Gasteiger partial charge in [0.05, 0.1) is 25.2 Å². The topological polar surface area (TPSA) is 44.8 Å². The van der Waals surface area contributed by atoms with Crippen molar-refractivity contribution >= 4 is 5.97 Å². The van der Waals surface area contributed by atoms with Gasteiger partial charge >= 0.3 is 5.97 Å². The van der Waals surface area contributed by atoms with E-state index in [1.165, 1.54) is 0 Å². The first-order valence-electron chi connectivity index (χ1n) is 7.15. The Hall–Kier alpha value is -1.39. The Kier molecular flexibility index (Phi) is 3.76. The van der Waals surface area contributed by atoms with E-state index in [4.69, 9.17) is 14.2 Å². The van der Waals surface area contributed by atoms with Crippen molar-refractivity contribution in [1.82, 2.24) is 0 Å². The highest BCUT2D eigenvalue weighted by molar-refractivity contribution is 5.70. The van der Waals surface area contributed by atoms with Gasteiger partial charge in [-0.1, -0.05) is 44.2 Å². The van der Waals surface area contributed by atoms with Gasteiger partial charge < -0.3 is 14.2 Å². The summed E-state index contributed by atoms with van der Waals surface area (Å²) in [5.41, 5.74) is 1.15. The monoisotopic (exact) mass is 276 g/mol. The van der Waals surface area contributed by atoms with E-state index in [-0.39, 0.29) is 30.0 Å². The highest BCUT2D eigenvalue weighted by Crippen LogP contribution is 2.37. The number of hydrogen-bond donors (Lipinski definition) is 0. The number of carbonyl (C=O) groups excluding carboxylic acids is 1. The molecule has 1 aromatic carbocycles.